The summed E-state index contributed by atoms with van der Waals surface area (Å²) in [4.78, 5) is 4.66. The van der Waals surface area contributed by atoms with Crippen molar-refractivity contribution in [1.82, 2.24) is 0 Å². The zero-order chi connectivity index (χ0) is 55.2. The third-order valence-corrected chi connectivity index (χ3v) is 16.8. The molecule has 394 valence electrons. The van der Waals surface area contributed by atoms with Crippen LogP contribution < -0.4 is 9.80 Å². The Morgan fingerprint density at radius 3 is 1.09 bits per heavy atom. The molecule has 0 atom stereocenters. The van der Waals surface area contributed by atoms with Crippen molar-refractivity contribution < 1.29 is 17.7 Å². The van der Waals surface area contributed by atoms with Crippen LogP contribution >= 0.6 is 0 Å². The van der Waals surface area contributed by atoms with Gasteiger partial charge in [0.15, 0.2) is 0 Å². The molecule has 0 amide bonds. The maximum Gasteiger partial charge on any atom is 0.147 e. The highest BCUT2D eigenvalue weighted by Crippen LogP contribution is 2.49. The molecule has 0 aliphatic heterocycles. The lowest BCUT2D eigenvalue weighted by atomic mass is 9.86. The second-order valence-corrected chi connectivity index (χ2v) is 24.1. The molecule has 0 unspecified atom stereocenters. The number of hydrogen-bond acceptors (Lipinski definition) is 6. The fourth-order valence-corrected chi connectivity index (χ4v) is 12.8. The molecular formula is C76H56N2O4. The number of furan rings is 4. The molecule has 6 nitrogen and oxygen atoms in total. The quantitative estimate of drug-likeness (QED) is 0.159. The molecule has 12 aromatic carbocycles. The molecule has 16 aromatic rings. The van der Waals surface area contributed by atoms with E-state index in [9.17, 15) is 0 Å². The van der Waals surface area contributed by atoms with Gasteiger partial charge in [-0.1, -0.05) is 157 Å². The van der Waals surface area contributed by atoms with E-state index in [4.69, 9.17) is 17.7 Å². The van der Waals surface area contributed by atoms with Gasteiger partial charge in [-0.15, -0.1) is 0 Å². The summed E-state index contributed by atoms with van der Waals surface area (Å²) in [6.45, 7) is 13.4. The molecule has 4 aromatic heterocycles. The van der Waals surface area contributed by atoms with Gasteiger partial charge in [0.05, 0.1) is 5.56 Å². The van der Waals surface area contributed by atoms with Crippen molar-refractivity contribution >= 4 is 143 Å². The summed E-state index contributed by atoms with van der Waals surface area (Å²) in [5.74, 6) is 0. The van der Waals surface area contributed by atoms with Crippen LogP contribution in [0.5, 0.6) is 0 Å². The predicted molar refractivity (Wildman–Crippen MR) is 343 cm³/mol. The molecule has 0 aliphatic rings. The van der Waals surface area contributed by atoms with E-state index in [1.807, 2.05) is 0 Å². The molecule has 0 radical (unpaired) electrons. The van der Waals surface area contributed by atoms with Gasteiger partial charge < -0.3 is 27.5 Å². The van der Waals surface area contributed by atoms with Gasteiger partial charge in [0, 0.05) is 88.3 Å². The van der Waals surface area contributed by atoms with Gasteiger partial charge in [-0.2, -0.15) is 0 Å². The first-order valence-electron chi connectivity index (χ1n) is 28.3. The Labute approximate surface area is 473 Å². The highest BCUT2D eigenvalue weighted by molar-refractivity contribution is 6.24. The lowest BCUT2D eigenvalue weighted by molar-refractivity contribution is 0.572. The van der Waals surface area contributed by atoms with Crippen LogP contribution in [0.25, 0.3) is 120 Å². The van der Waals surface area contributed by atoms with Crippen molar-refractivity contribution in [3.63, 3.8) is 0 Å². The Balaban J connectivity index is 0.826. The van der Waals surface area contributed by atoms with Crippen LogP contribution in [0.2, 0.25) is 0 Å². The zero-order valence-corrected chi connectivity index (χ0v) is 46.5. The van der Waals surface area contributed by atoms with Crippen LogP contribution in [0.15, 0.2) is 248 Å². The van der Waals surface area contributed by atoms with Crippen LogP contribution in [0, 0.1) is 0 Å². The van der Waals surface area contributed by atoms with Gasteiger partial charge in [-0.3, -0.25) is 0 Å². The number of para-hydroxylation sites is 4. The van der Waals surface area contributed by atoms with Gasteiger partial charge in [0.25, 0.3) is 0 Å². The SMILES string of the molecule is CC(C)(C)c1cccc2c1oc1ccc(N(c3ccccc3)c3ccc4cc5c(cc4c3)oc3c(-c4ccccc4)c4oc6cc7cc(N(c8ccccc8)c8ccc9oc%10c(C(C)(C)C)cccc%10c9c8)ccc7cc6c4cc35)cc12. The Morgan fingerprint density at radius 2 is 0.646 bits per heavy atom. The van der Waals surface area contributed by atoms with E-state index in [2.05, 4.69) is 282 Å². The average molecular weight is 1060 g/mol. The third-order valence-electron chi connectivity index (χ3n) is 16.8. The number of nitrogens with zero attached hydrogens (tertiary/aromatic N) is 2. The van der Waals surface area contributed by atoms with Crippen molar-refractivity contribution in [3.05, 3.63) is 242 Å². The molecule has 0 N–H and O–H groups in total. The second kappa shape index (κ2) is 17.7. The van der Waals surface area contributed by atoms with Crippen molar-refractivity contribution in [1.29, 1.82) is 0 Å². The van der Waals surface area contributed by atoms with Crippen molar-refractivity contribution in [2.75, 3.05) is 9.80 Å². The van der Waals surface area contributed by atoms with Crippen LogP contribution in [-0.4, -0.2) is 0 Å². The molecule has 0 fully saturated rings. The smallest absolute Gasteiger partial charge is 0.147 e. The summed E-state index contributed by atoms with van der Waals surface area (Å²) in [7, 11) is 0. The molecule has 0 bridgehead atoms. The van der Waals surface area contributed by atoms with Gasteiger partial charge in [0.1, 0.15) is 44.7 Å². The average Bonchev–Trinajstić information content (AvgIpc) is 3.33. The molecule has 0 spiro atoms. The van der Waals surface area contributed by atoms with E-state index in [0.717, 1.165) is 155 Å². The van der Waals surface area contributed by atoms with Crippen LogP contribution in [0.4, 0.5) is 34.1 Å². The Hall–Kier alpha value is -10.0. The van der Waals surface area contributed by atoms with Crippen LogP contribution in [0.1, 0.15) is 52.7 Å². The predicted octanol–water partition coefficient (Wildman–Crippen LogP) is 22.8. The fourth-order valence-electron chi connectivity index (χ4n) is 12.8. The summed E-state index contributed by atoms with van der Waals surface area (Å²) in [5, 5.41) is 13.0. The van der Waals surface area contributed by atoms with Gasteiger partial charge in [0.2, 0.25) is 0 Å². The van der Waals surface area contributed by atoms with Crippen molar-refractivity contribution in [2.45, 2.75) is 52.4 Å². The van der Waals surface area contributed by atoms with E-state index in [1.165, 1.54) is 11.1 Å². The van der Waals surface area contributed by atoms with E-state index in [0.29, 0.717) is 0 Å². The zero-order valence-electron chi connectivity index (χ0n) is 46.5. The first kappa shape index (κ1) is 47.9. The largest absolute Gasteiger partial charge is 0.456 e. The highest BCUT2D eigenvalue weighted by atomic mass is 16.3. The molecule has 16 rings (SSSR count). The topological polar surface area (TPSA) is 59.0 Å². The number of anilines is 6. The lowest BCUT2D eigenvalue weighted by Gasteiger charge is -2.26. The molecule has 0 saturated carbocycles. The summed E-state index contributed by atoms with van der Waals surface area (Å²) in [6.07, 6.45) is 0. The van der Waals surface area contributed by atoms with Crippen molar-refractivity contribution in [2.24, 2.45) is 0 Å². The molecule has 4 heterocycles. The normalized spacial score (nSPS) is 12.5. The minimum absolute atomic E-state index is 0.0618. The summed E-state index contributed by atoms with van der Waals surface area (Å²) in [6, 6.07) is 82.6. The maximum atomic E-state index is 7.11. The minimum Gasteiger partial charge on any atom is -0.456 e. The summed E-state index contributed by atoms with van der Waals surface area (Å²) >= 11 is 0. The standard InChI is InChI=1S/C76H56N2O4/c1-75(2,3)64-26-16-24-56-60-42-54(32-34-66(60)79-71(56)64)77(50-20-12-8-13-21-50)52-30-28-46-38-58-62-44-63-59-39-47-29-31-53(37-49(47)41-69(59)82-74(63)70(45-18-10-7-11-19-45)73(62)81-68(58)40-48(46)36-52)78(51-22-14-9-15-23-51)55-33-35-67-61(43-55)57-25-17-27-65(72(57)80-67)76(4,5)6/h7-44H,1-6H3. The minimum atomic E-state index is -0.0618. The maximum absolute atomic E-state index is 7.11. The number of rotatable bonds is 7. The highest BCUT2D eigenvalue weighted by Gasteiger charge is 2.26. The van der Waals surface area contributed by atoms with Gasteiger partial charge in [-0.25, -0.2) is 0 Å². The van der Waals surface area contributed by atoms with Crippen LogP contribution in [0.3, 0.4) is 0 Å². The number of benzene rings is 12. The molecular weight excluding hydrogens is 1000 g/mol. The van der Waals surface area contributed by atoms with Crippen molar-refractivity contribution in [3.8, 4) is 11.1 Å². The van der Waals surface area contributed by atoms with Gasteiger partial charge in [-0.05, 0) is 153 Å². The molecule has 0 saturated heterocycles. The monoisotopic (exact) mass is 1060 g/mol. The first-order chi connectivity index (χ1) is 39.9. The van der Waals surface area contributed by atoms with E-state index < -0.39 is 0 Å². The Bertz CT molecular complexity index is 4930. The van der Waals surface area contributed by atoms with E-state index in [1.54, 1.807) is 0 Å². The number of fused-ring (bicyclic) bond motifs is 14. The summed E-state index contributed by atoms with van der Waals surface area (Å²) in [5.41, 5.74) is 17.4. The first-order valence-corrected chi connectivity index (χ1v) is 28.3. The molecule has 0 aliphatic carbocycles. The molecule has 6 heteroatoms. The third kappa shape index (κ3) is 7.55. The fraction of sp³-hybridized carbons (Fsp3) is 0.105. The molecule has 82 heavy (non-hydrogen) atoms. The Kier molecular flexibility index (Phi) is 10.4. The van der Waals surface area contributed by atoms with E-state index in [-0.39, 0.29) is 10.8 Å². The van der Waals surface area contributed by atoms with E-state index >= 15 is 0 Å². The van der Waals surface area contributed by atoms with Gasteiger partial charge >= 0.3 is 0 Å². The number of hydrogen-bond donors (Lipinski definition) is 0. The summed E-state index contributed by atoms with van der Waals surface area (Å²) < 4.78 is 27.4. The Morgan fingerprint density at radius 1 is 0.256 bits per heavy atom. The second-order valence-electron chi connectivity index (χ2n) is 24.1. The lowest BCUT2D eigenvalue weighted by Crippen LogP contribution is -2.10. The van der Waals surface area contributed by atoms with Crippen LogP contribution in [-0.2, 0) is 10.8 Å².